The Kier molecular flexibility index (Phi) is 1.98. The lowest BCUT2D eigenvalue weighted by molar-refractivity contribution is 0.104. The van der Waals surface area contributed by atoms with Gasteiger partial charge in [0.2, 0.25) is 0 Å². The lowest BCUT2D eigenvalue weighted by Crippen LogP contribution is -1.95. The number of carbonyl (C=O) groups is 1. The Morgan fingerprint density at radius 2 is 1.71 bits per heavy atom. The third-order valence-electron chi connectivity index (χ3n) is 4.41. The number of fused-ring (bicyclic) bond motifs is 4. The van der Waals surface area contributed by atoms with Crippen molar-refractivity contribution in [2.75, 3.05) is 0 Å². The van der Waals surface area contributed by atoms with Gasteiger partial charge in [-0.15, -0.1) is 0 Å². The molecule has 0 aliphatic heterocycles. The zero-order valence-corrected chi connectivity index (χ0v) is 12.6. The molecule has 1 aliphatic rings. The van der Waals surface area contributed by atoms with Crippen LogP contribution in [0.1, 0.15) is 21.4 Å². The van der Waals surface area contributed by atoms with Gasteiger partial charge in [0.1, 0.15) is 0 Å². The maximum Gasteiger partial charge on any atom is 0.194 e. The number of benzene rings is 3. The summed E-state index contributed by atoms with van der Waals surface area (Å²) in [4.78, 5) is 17.2. The molecule has 3 aromatic carbocycles. The van der Waals surface area contributed by atoms with E-state index in [2.05, 4.69) is 4.98 Å². The predicted molar refractivity (Wildman–Crippen MR) is 96.0 cm³/mol. The van der Waals surface area contributed by atoms with Crippen LogP contribution in [0.5, 0.6) is 0 Å². The highest BCUT2D eigenvalue weighted by Crippen LogP contribution is 2.40. The number of hydrogen-bond donors (Lipinski definition) is 0. The fraction of sp³-hybridized carbons (Fsp3) is 0. The summed E-state index contributed by atoms with van der Waals surface area (Å²) in [5.41, 5.74) is 3.82. The van der Waals surface area contributed by atoms with E-state index in [-0.39, 0.29) is 30.0 Å². The molecule has 1 aromatic heterocycles. The van der Waals surface area contributed by atoms with Crippen molar-refractivity contribution < 1.29 is 10.3 Å². The van der Waals surface area contributed by atoms with Crippen molar-refractivity contribution in [3.63, 3.8) is 0 Å². The van der Waals surface area contributed by atoms with Crippen LogP contribution in [0.15, 0.2) is 78.9 Å². The van der Waals surface area contributed by atoms with Crippen molar-refractivity contribution in [1.82, 2.24) is 4.98 Å². The highest BCUT2D eigenvalue weighted by atomic mass is 16.1. The number of nitrogens with zero attached hydrogens (tertiary/aromatic N) is 1. The Bertz CT molecular complexity index is 1330. The minimum Gasteiger partial charge on any atom is -0.289 e. The van der Waals surface area contributed by atoms with Gasteiger partial charge in [-0.25, -0.2) is 0 Å². The van der Waals surface area contributed by atoms with E-state index in [4.69, 9.17) is 5.48 Å². The fourth-order valence-electron chi connectivity index (χ4n) is 3.31. The van der Waals surface area contributed by atoms with Crippen molar-refractivity contribution in [1.29, 1.82) is 0 Å². The summed E-state index contributed by atoms with van der Waals surface area (Å²) in [6, 6.07) is 13.6. The zero-order chi connectivity index (χ0) is 19.6. The fourth-order valence-corrected chi connectivity index (χ4v) is 3.31. The number of aromatic nitrogens is 1. The average Bonchev–Trinajstić information content (AvgIpc) is 2.99. The van der Waals surface area contributed by atoms with E-state index < -0.39 is 0 Å². The second-order valence-corrected chi connectivity index (χ2v) is 5.73. The van der Waals surface area contributed by atoms with E-state index in [0.717, 1.165) is 21.9 Å². The molecular weight excluding hydrogens is 294 g/mol. The molecule has 1 aliphatic carbocycles. The third-order valence-corrected chi connectivity index (χ3v) is 4.41. The molecule has 2 nitrogen and oxygen atoms in total. The van der Waals surface area contributed by atoms with Crippen LogP contribution < -0.4 is 0 Å². The molecule has 0 fully saturated rings. The highest BCUT2D eigenvalue weighted by molar-refractivity contribution is 6.23. The van der Waals surface area contributed by atoms with Gasteiger partial charge in [-0.3, -0.25) is 9.78 Å². The third kappa shape index (κ3) is 1.77. The van der Waals surface area contributed by atoms with Crippen LogP contribution in [-0.4, -0.2) is 10.8 Å². The van der Waals surface area contributed by atoms with Crippen LogP contribution in [-0.2, 0) is 0 Å². The maximum absolute atomic E-state index is 12.8. The molecule has 5 rings (SSSR count). The number of rotatable bonds is 1. The molecule has 0 saturated heterocycles. The molecule has 0 spiro atoms. The number of ketones is 1. The van der Waals surface area contributed by atoms with E-state index in [1.165, 1.54) is 6.07 Å². The van der Waals surface area contributed by atoms with E-state index in [1.54, 1.807) is 12.3 Å². The van der Waals surface area contributed by atoms with Crippen LogP contribution in [0.25, 0.3) is 33.2 Å². The van der Waals surface area contributed by atoms with Crippen molar-refractivity contribution in [2.45, 2.75) is 0 Å². The van der Waals surface area contributed by atoms with Crippen molar-refractivity contribution in [3.05, 3.63) is 90.0 Å². The van der Waals surface area contributed by atoms with Crippen LogP contribution in [0, 0.1) is 0 Å². The Morgan fingerprint density at radius 1 is 0.833 bits per heavy atom. The van der Waals surface area contributed by atoms with E-state index in [0.29, 0.717) is 22.4 Å². The standard InChI is InChI=1S/C22H13NO/c24-22-17-9-5-4-8-16(17)19-13-18-15(12-20(19)22)10-11-23-21(18)14-6-2-1-3-7-14/h1-13H/i1D,2D,3D,6D. The second kappa shape index (κ2) is 4.87. The van der Waals surface area contributed by atoms with Gasteiger partial charge in [-0.05, 0) is 34.7 Å². The molecule has 4 aromatic rings. The van der Waals surface area contributed by atoms with Gasteiger partial charge >= 0.3 is 0 Å². The smallest absolute Gasteiger partial charge is 0.194 e. The van der Waals surface area contributed by atoms with Crippen LogP contribution >= 0.6 is 0 Å². The van der Waals surface area contributed by atoms with Gasteiger partial charge in [0, 0.05) is 28.3 Å². The largest absolute Gasteiger partial charge is 0.289 e. The molecule has 0 saturated carbocycles. The minimum atomic E-state index is -0.289. The van der Waals surface area contributed by atoms with Crippen molar-refractivity contribution >= 4 is 16.6 Å². The topological polar surface area (TPSA) is 30.0 Å². The summed E-state index contributed by atoms with van der Waals surface area (Å²) in [5.74, 6) is -0.00695. The van der Waals surface area contributed by atoms with Crippen molar-refractivity contribution in [2.24, 2.45) is 0 Å². The first kappa shape index (κ1) is 9.78. The lowest BCUT2D eigenvalue weighted by atomic mass is 9.97. The normalized spacial score (nSPS) is 14.6. The molecule has 0 amide bonds. The Hall–Kier alpha value is -3.26. The predicted octanol–water partition coefficient (Wildman–Crippen LogP) is 5.11. The van der Waals surface area contributed by atoms with Gasteiger partial charge in [0.15, 0.2) is 5.78 Å². The molecule has 112 valence electrons. The molecule has 2 heteroatoms. The second-order valence-electron chi connectivity index (χ2n) is 5.73. The molecule has 0 atom stereocenters. The SMILES string of the molecule is [2H]c1cc(-c2nccc3cc4c(cc23)-c2ccccc2C4=O)c([2H])c([2H])c1[2H]. The molecule has 0 N–H and O–H groups in total. The molecule has 0 radical (unpaired) electrons. The molecule has 1 heterocycles. The number of carbonyl (C=O) groups excluding carboxylic acids is 1. The molecule has 0 unspecified atom stereocenters. The Labute approximate surface area is 145 Å². The number of pyridine rings is 1. The first-order valence-corrected chi connectivity index (χ1v) is 7.62. The first-order chi connectivity index (χ1) is 13.5. The Balaban J connectivity index is 1.84. The van der Waals surface area contributed by atoms with Crippen LogP contribution in [0.3, 0.4) is 0 Å². The van der Waals surface area contributed by atoms with E-state index >= 15 is 0 Å². The minimum absolute atomic E-state index is 0.00695. The lowest BCUT2D eigenvalue weighted by Gasteiger charge is -2.08. The monoisotopic (exact) mass is 311 g/mol. The molecule has 0 bridgehead atoms. The van der Waals surface area contributed by atoms with Gasteiger partial charge in [-0.1, -0.05) is 54.5 Å². The summed E-state index contributed by atoms with van der Waals surface area (Å²) in [5, 5.41) is 1.55. The summed E-state index contributed by atoms with van der Waals surface area (Å²) in [7, 11) is 0. The Morgan fingerprint density at radius 3 is 2.62 bits per heavy atom. The average molecular weight is 311 g/mol. The van der Waals surface area contributed by atoms with Crippen LogP contribution in [0.4, 0.5) is 0 Å². The summed E-state index contributed by atoms with van der Waals surface area (Å²) in [6.45, 7) is 0. The van der Waals surface area contributed by atoms with Gasteiger partial charge in [0.25, 0.3) is 0 Å². The van der Waals surface area contributed by atoms with Crippen molar-refractivity contribution in [3.8, 4) is 22.4 Å². The summed E-state index contributed by atoms with van der Waals surface area (Å²) in [6.07, 6.45) is 1.60. The van der Waals surface area contributed by atoms with E-state index in [9.17, 15) is 4.79 Å². The summed E-state index contributed by atoms with van der Waals surface area (Å²) < 4.78 is 31.9. The first-order valence-electron chi connectivity index (χ1n) is 9.62. The molecular formula is C22H13NO. The highest BCUT2D eigenvalue weighted by Gasteiger charge is 2.27. The van der Waals surface area contributed by atoms with Crippen LogP contribution in [0.2, 0.25) is 0 Å². The number of hydrogen-bond acceptors (Lipinski definition) is 2. The quantitative estimate of drug-likeness (QED) is 0.430. The van der Waals surface area contributed by atoms with Gasteiger partial charge in [-0.2, -0.15) is 0 Å². The zero-order valence-electron chi connectivity index (χ0n) is 16.6. The molecule has 24 heavy (non-hydrogen) atoms. The van der Waals surface area contributed by atoms with Gasteiger partial charge in [0.05, 0.1) is 11.2 Å². The summed E-state index contributed by atoms with van der Waals surface area (Å²) >= 11 is 0. The van der Waals surface area contributed by atoms with E-state index in [1.807, 2.05) is 36.4 Å². The van der Waals surface area contributed by atoms with Gasteiger partial charge < -0.3 is 0 Å². The maximum atomic E-state index is 12.8.